The van der Waals surface area contributed by atoms with Crippen LogP contribution in [0.4, 0.5) is 0 Å². The van der Waals surface area contributed by atoms with E-state index in [2.05, 4.69) is 11.9 Å². The molecule has 0 bridgehead atoms. The topological polar surface area (TPSA) is 49.4 Å². The molecule has 0 radical (unpaired) electrons. The third kappa shape index (κ3) is 9.90. The maximum absolute atomic E-state index is 10.9. The fourth-order valence-electron chi connectivity index (χ4n) is 1.14. The lowest BCUT2D eigenvalue weighted by atomic mass is 10.3. The summed E-state index contributed by atoms with van der Waals surface area (Å²) in [5.41, 5.74) is 1.08. The molecular formula is C10H22N2O2S. The molecule has 5 heteroatoms. The van der Waals surface area contributed by atoms with Gasteiger partial charge >= 0.3 is 0 Å². The largest absolute Gasteiger partial charge is 0.313 e. The Morgan fingerprint density at radius 1 is 1.47 bits per heavy atom. The minimum atomic E-state index is -2.86. The highest BCUT2D eigenvalue weighted by Crippen LogP contribution is 1.94. The number of hydrogen-bond acceptors (Lipinski definition) is 4. The summed E-state index contributed by atoms with van der Waals surface area (Å²) in [7, 11) is -0.954. The molecule has 0 unspecified atom stereocenters. The number of likely N-dealkylation sites (N-methyl/N-ethyl adjacent to an activating group) is 2. The van der Waals surface area contributed by atoms with Crippen molar-refractivity contribution in [3.05, 3.63) is 12.2 Å². The van der Waals surface area contributed by atoms with Crippen molar-refractivity contribution < 1.29 is 8.42 Å². The summed E-state index contributed by atoms with van der Waals surface area (Å²) in [6, 6.07) is 0. The Morgan fingerprint density at radius 2 is 2.07 bits per heavy atom. The Labute approximate surface area is 93.3 Å². The fraction of sp³-hybridized carbons (Fsp3) is 0.800. The molecule has 0 aromatic carbocycles. The quantitative estimate of drug-likeness (QED) is 0.607. The van der Waals surface area contributed by atoms with Crippen LogP contribution in [0.5, 0.6) is 0 Å². The van der Waals surface area contributed by atoms with Crippen LogP contribution in [0.3, 0.4) is 0 Å². The minimum Gasteiger partial charge on any atom is -0.313 e. The first kappa shape index (κ1) is 14.6. The molecule has 0 rings (SSSR count). The Kier molecular flexibility index (Phi) is 6.80. The van der Waals surface area contributed by atoms with Crippen LogP contribution in [-0.4, -0.2) is 58.6 Å². The maximum Gasteiger partial charge on any atom is 0.148 e. The van der Waals surface area contributed by atoms with Gasteiger partial charge in [0.2, 0.25) is 0 Å². The van der Waals surface area contributed by atoms with Gasteiger partial charge in [-0.15, -0.1) is 0 Å². The molecule has 0 aliphatic heterocycles. The van der Waals surface area contributed by atoms with Crippen molar-refractivity contribution in [2.75, 3.05) is 45.2 Å². The third-order valence-corrected chi connectivity index (χ3v) is 2.89. The van der Waals surface area contributed by atoms with E-state index in [1.165, 1.54) is 6.26 Å². The molecule has 1 N–H and O–H groups in total. The highest BCUT2D eigenvalue weighted by molar-refractivity contribution is 7.90. The smallest absolute Gasteiger partial charge is 0.148 e. The second-order valence-electron chi connectivity index (χ2n) is 3.90. The Bertz CT molecular complexity index is 286. The number of nitrogens with zero attached hydrogens (tertiary/aromatic N) is 1. The first-order chi connectivity index (χ1) is 6.85. The van der Waals surface area contributed by atoms with Crippen molar-refractivity contribution in [3.8, 4) is 0 Å². The van der Waals surface area contributed by atoms with Crippen LogP contribution in [0.2, 0.25) is 0 Å². The summed E-state index contributed by atoms with van der Waals surface area (Å²) in [6.07, 6.45) is 1.26. The van der Waals surface area contributed by atoms with E-state index >= 15 is 0 Å². The van der Waals surface area contributed by atoms with Crippen LogP contribution < -0.4 is 5.32 Å². The molecule has 0 amide bonds. The molecule has 90 valence electrons. The van der Waals surface area contributed by atoms with E-state index in [-0.39, 0.29) is 5.75 Å². The van der Waals surface area contributed by atoms with E-state index in [4.69, 9.17) is 0 Å². The SMILES string of the molecule is C=C(CNCC)CN(C)CCS(C)(=O)=O. The van der Waals surface area contributed by atoms with E-state index in [1.54, 1.807) is 0 Å². The van der Waals surface area contributed by atoms with Gasteiger partial charge in [-0.1, -0.05) is 13.5 Å². The molecule has 0 saturated heterocycles. The predicted octanol–water partition coefficient (Wildman–Crippen LogP) is 0.129. The van der Waals surface area contributed by atoms with Crippen LogP contribution in [-0.2, 0) is 9.84 Å². The van der Waals surface area contributed by atoms with Gasteiger partial charge in [0.1, 0.15) is 9.84 Å². The van der Waals surface area contributed by atoms with Gasteiger partial charge in [-0.2, -0.15) is 0 Å². The lowest BCUT2D eigenvalue weighted by Crippen LogP contribution is -2.29. The second-order valence-corrected chi connectivity index (χ2v) is 6.16. The molecule has 4 nitrogen and oxygen atoms in total. The van der Waals surface area contributed by atoms with Crippen LogP contribution >= 0.6 is 0 Å². The first-order valence-electron chi connectivity index (χ1n) is 5.08. The van der Waals surface area contributed by atoms with Crippen molar-refractivity contribution in [1.29, 1.82) is 0 Å². The molecule has 0 saturated carbocycles. The normalized spacial score (nSPS) is 12.0. The Balaban J connectivity index is 3.74. The standard InChI is InChI=1S/C10H22N2O2S/c1-5-11-8-10(2)9-12(3)6-7-15(4,13)14/h11H,2,5-9H2,1,3-4H3. The number of hydrogen-bond donors (Lipinski definition) is 1. The molecule has 0 heterocycles. The highest BCUT2D eigenvalue weighted by atomic mass is 32.2. The van der Waals surface area contributed by atoms with E-state index in [0.29, 0.717) is 6.54 Å². The molecule has 0 aliphatic carbocycles. The van der Waals surface area contributed by atoms with Crippen molar-refractivity contribution in [2.45, 2.75) is 6.92 Å². The van der Waals surface area contributed by atoms with Gasteiger partial charge in [0.15, 0.2) is 0 Å². The summed E-state index contributed by atoms with van der Waals surface area (Å²) < 4.78 is 21.9. The second kappa shape index (κ2) is 6.98. The van der Waals surface area contributed by atoms with Gasteiger partial charge in [-0.05, 0) is 19.2 Å². The Morgan fingerprint density at radius 3 is 2.53 bits per heavy atom. The summed E-state index contributed by atoms with van der Waals surface area (Å²) in [4.78, 5) is 1.97. The zero-order valence-electron chi connectivity index (χ0n) is 9.91. The molecule has 0 aromatic heterocycles. The van der Waals surface area contributed by atoms with Crippen molar-refractivity contribution in [2.24, 2.45) is 0 Å². The van der Waals surface area contributed by atoms with Gasteiger partial charge in [-0.25, -0.2) is 8.42 Å². The van der Waals surface area contributed by atoms with Crippen LogP contribution in [0.1, 0.15) is 6.92 Å². The van der Waals surface area contributed by atoms with Gasteiger partial charge in [0.05, 0.1) is 5.75 Å². The minimum absolute atomic E-state index is 0.206. The van der Waals surface area contributed by atoms with Crippen molar-refractivity contribution >= 4 is 9.84 Å². The highest BCUT2D eigenvalue weighted by Gasteiger charge is 2.06. The number of nitrogens with one attached hydrogen (secondary N) is 1. The molecule has 0 aliphatic rings. The molecule has 15 heavy (non-hydrogen) atoms. The first-order valence-corrected chi connectivity index (χ1v) is 7.15. The molecule has 0 fully saturated rings. The van der Waals surface area contributed by atoms with Crippen molar-refractivity contribution in [3.63, 3.8) is 0 Å². The lowest BCUT2D eigenvalue weighted by Gasteiger charge is -2.17. The summed E-state index contributed by atoms with van der Waals surface area (Å²) in [5, 5.41) is 3.18. The zero-order chi connectivity index (χ0) is 11.9. The van der Waals surface area contributed by atoms with Gasteiger partial charge < -0.3 is 10.2 Å². The average molecular weight is 234 g/mol. The van der Waals surface area contributed by atoms with Crippen LogP contribution in [0, 0.1) is 0 Å². The average Bonchev–Trinajstić information content (AvgIpc) is 2.10. The van der Waals surface area contributed by atoms with Crippen LogP contribution in [0.15, 0.2) is 12.2 Å². The van der Waals surface area contributed by atoms with Crippen molar-refractivity contribution in [1.82, 2.24) is 10.2 Å². The fourth-order valence-corrected chi connectivity index (χ4v) is 1.78. The molecule has 0 spiro atoms. The van der Waals surface area contributed by atoms with Gasteiger partial charge in [0.25, 0.3) is 0 Å². The van der Waals surface area contributed by atoms with E-state index in [1.807, 2.05) is 18.9 Å². The molecule has 0 atom stereocenters. The third-order valence-electron chi connectivity index (χ3n) is 1.96. The maximum atomic E-state index is 10.9. The van der Waals surface area contributed by atoms with E-state index in [9.17, 15) is 8.42 Å². The zero-order valence-corrected chi connectivity index (χ0v) is 10.7. The summed E-state index contributed by atoms with van der Waals surface area (Å²) >= 11 is 0. The van der Waals surface area contributed by atoms with E-state index in [0.717, 1.165) is 25.2 Å². The number of rotatable bonds is 8. The molecule has 0 aromatic rings. The summed E-state index contributed by atoms with van der Waals surface area (Å²) in [6.45, 7) is 8.98. The van der Waals surface area contributed by atoms with Crippen LogP contribution in [0.25, 0.3) is 0 Å². The molecular weight excluding hydrogens is 212 g/mol. The number of sulfone groups is 1. The van der Waals surface area contributed by atoms with Gasteiger partial charge in [0, 0.05) is 25.9 Å². The lowest BCUT2D eigenvalue weighted by molar-refractivity contribution is 0.380. The van der Waals surface area contributed by atoms with Gasteiger partial charge in [-0.3, -0.25) is 0 Å². The monoisotopic (exact) mass is 234 g/mol. The summed E-state index contributed by atoms with van der Waals surface area (Å²) in [5.74, 6) is 0.206. The Hall–Kier alpha value is -0.390. The van der Waals surface area contributed by atoms with E-state index < -0.39 is 9.84 Å². The predicted molar refractivity (Wildman–Crippen MR) is 64.9 cm³/mol.